The first-order chi connectivity index (χ1) is 12.9. The Balaban J connectivity index is 2.14. The van der Waals surface area contributed by atoms with E-state index < -0.39 is 5.97 Å². The number of phenolic OH excluding ortho intramolecular Hbond substituents is 1. The second kappa shape index (κ2) is 9.07. The molecule has 1 heterocycles. The van der Waals surface area contributed by atoms with E-state index in [1.54, 1.807) is 0 Å². The number of hydrogen-bond donors (Lipinski definition) is 1. The van der Waals surface area contributed by atoms with E-state index in [0.29, 0.717) is 29.7 Å². The third-order valence-corrected chi connectivity index (χ3v) is 4.44. The molecule has 2 rings (SSSR count). The number of methoxy groups -OCH3 is 1. The van der Waals surface area contributed by atoms with E-state index in [2.05, 4.69) is 6.58 Å². The average Bonchev–Trinajstić information content (AvgIpc) is 3.04. The van der Waals surface area contributed by atoms with E-state index >= 15 is 0 Å². The van der Waals surface area contributed by atoms with Gasteiger partial charge < -0.3 is 19.3 Å². The van der Waals surface area contributed by atoms with Gasteiger partial charge in [0, 0.05) is 17.5 Å². The van der Waals surface area contributed by atoms with Gasteiger partial charge in [-0.25, -0.2) is 4.79 Å². The number of allylic oxidation sites excluding steroid dienone is 4. The topological polar surface area (TPSA) is 82.1 Å². The fourth-order valence-corrected chi connectivity index (χ4v) is 2.94. The summed E-state index contributed by atoms with van der Waals surface area (Å²) in [5, 5.41) is 10.6. The molecule has 6 nitrogen and oxygen atoms in total. The second-order valence-electron chi connectivity index (χ2n) is 6.22. The number of ether oxygens (including phenoxy) is 3. The van der Waals surface area contributed by atoms with Crippen molar-refractivity contribution < 1.29 is 28.9 Å². The SMILES string of the molecule is C=C/C=C/OC(=O)CC/C(C)=C/Cc1c(O)c2c(c(C)c1OC)COC2=O. The molecule has 0 fully saturated rings. The van der Waals surface area contributed by atoms with Crippen LogP contribution in [-0.2, 0) is 27.3 Å². The molecule has 6 heteroatoms. The van der Waals surface area contributed by atoms with Crippen LogP contribution < -0.4 is 4.74 Å². The van der Waals surface area contributed by atoms with Crippen LogP contribution in [0.3, 0.4) is 0 Å². The molecule has 0 unspecified atom stereocenters. The molecule has 0 saturated heterocycles. The minimum absolute atomic E-state index is 0.104. The lowest BCUT2D eigenvalue weighted by atomic mass is 9.94. The monoisotopic (exact) mass is 372 g/mol. The first-order valence-electron chi connectivity index (χ1n) is 8.61. The van der Waals surface area contributed by atoms with Crippen molar-refractivity contribution in [3.63, 3.8) is 0 Å². The summed E-state index contributed by atoms with van der Waals surface area (Å²) in [5.41, 5.74) is 3.15. The second-order valence-corrected chi connectivity index (χ2v) is 6.22. The van der Waals surface area contributed by atoms with Crippen molar-refractivity contribution in [2.24, 2.45) is 0 Å². The van der Waals surface area contributed by atoms with Crippen LogP contribution >= 0.6 is 0 Å². The molecule has 0 atom stereocenters. The molecule has 0 radical (unpaired) electrons. The Kier molecular flexibility index (Phi) is 6.82. The molecule has 0 amide bonds. The summed E-state index contributed by atoms with van der Waals surface area (Å²) < 4.78 is 15.4. The first-order valence-corrected chi connectivity index (χ1v) is 8.61. The molecule has 27 heavy (non-hydrogen) atoms. The molecule has 1 aromatic rings. The first kappa shape index (κ1) is 20.3. The smallest absolute Gasteiger partial charge is 0.342 e. The predicted molar refractivity (Wildman–Crippen MR) is 101 cm³/mol. The highest BCUT2D eigenvalue weighted by Gasteiger charge is 2.31. The van der Waals surface area contributed by atoms with Crippen LogP contribution in [0.15, 0.2) is 36.6 Å². The Morgan fingerprint density at radius 1 is 1.37 bits per heavy atom. The minimum atomic E-state index is -0.523. The minimum Gasteiger partial charge on any atom is -0.507 e. The molecule has 144 valence electrons. The van der Waals surface area contributed by atoms with Crippen molar-refractivity contribution in [1.82, 2.24) is 0 Å². The number of phenols is 1. The van der Waals surface area contributed by atoms with E-state index in [1.807, 2.05) is 19.9 Å². The van der Waals surface area contributed by atoms with Crippen molar-refractivity contribution >= 4 is 11.9 Å². The van der Waals surface area contributed by atoms with Crippen LogP contribution in [-0.4, -0.2) is 24.2 Å². The molecule has 0 spiro atoms. The third kappa shape index (κ3) is 4.58. The number of benzene rings is 1. The van der Waals surface area contributed by atoms with Gasteiger partial charge in [0.25, 0.3) is 0 Å². The standard InChI is InChI=1S/C21H24O6/c1-5-6-11-26-17(22)10-8-13(2)7-9-15-19(23)18-16(12-27-21(18)24)14(3)20(15)25-4/h5-7,11,23H,1,8-10,12H2,2-4H3/b11-6+,13-7+. The zero-order valence-electron chi connectivity index (χ0n) is 15.8. The van der Waals surface area contributed by atoms with Crippen LogP contribution in [0.4, 0.5) is 0 Å². The van der Waals surface area contributed by atoms with Gasteiger partial charge in [-0.1, -0.05) is 24.3 Å². The lowest BCUT2D eigenvalue weighted by Gasteiger charge is -2.15. The van der Waals surface area contributed by atoms with Crippen molar-refractivity contribution in [1.29, 1.82) is 0 Å². The lowest BCUT2D eigenvalue weighted by molar-refractivity contribution is -0.137. The van der Waals surface area contributed by atoms with Crippen molar-refractivity contribution in [3.05, 3.63) is 58.9 Å². The van der Waals surface area contributed by atoms with Crippen LogP contribution in [0.5, 0.6) is 11.5 Å². The highest BCUT2D eigenvalue weighted by Crippen LogP contribution is 2.42. The molecule has 1 aliphatic rings. The van der Waals surface area contributed by atoms with Gasteiger partial charge in [0.15, 0.2) is 0 Å². The average molecular weight is 372 g/mol. The number of cyclic esters (lactones) is 1. The van der Waals surface area contributed by atoms with Crippen LogP contribution in [0.1, 0.15) is 46.8 Å². The Hall–Kier alpha value is -3.02. The number of hydrogen-bond acceptors (Lipinski definition) is 6. The highest BCUT2D eigenvalue weighted by atomic mass is 16.5. The summed E-state index contributed by atoms with van der Waals surface area (Å²) in [5.74, 6) is -0.418. The number of rotatable bonds is 8. The molecular formula is C21H24O6. The normalized spacial score (nSPS) is 13.4. The molecule has 1 aliphatic heterocycles. The maximum absolute atomic E-state index is 11.9. The molecule has 0 saturated carbocycles. The summed E-state index contributed by atoms with van der Waals surface area (Å²) in [6.07, 6.45) is 7.38. The quantitative estimate of drug-likeness (QED) is 0.323. The van der Waals surface area contributed by atoms with Crippen molar-refractivity contribution in [2.75, 3.05) is 7.11 Å². The summed E-state index contributed by atoms with van der Waals surface area (Å²) in [7, 11) is 1.53. The van der Waals surface area contributed by atoms with Crippen LogP contribution in [0.2, 0.25) is 0 Å². The molecular weight excluding hydrogens is 348 g/mol. The fraction of sp³-hybridized carbons (Fsp3) is 0.333. The molecule has 1 N–H and O–H groups in total. The summed E-state index contributed by atoms with van der Waals surface area (Å²) in [6.45, 7) is 7.37. The van der Waals surface area contributed by atoms with Gasteiger partial charge in [0.1, 0.15) is 23.7 Å². The molecule has 0 aromatic heterocycles. The van der Waals surface area contributed by atoms with E-state index in [9.17, 15) is 14.7 Å². The third-order valence-electron chi connectivity index (χ3n) is 4.44. The Labute approximate surface area is 158 Å². The zero-order valence-corrected chi connectivity index (χ0v) is 15.8. The van der Waals surface area contributed by atoms with E-state index in [1.165, 1.54) is 25.5 Å². The Bertz CT molecular complexity index is 817. The van der Waals surface area contributed by atoms with Gasteiger partial charge in [0.2, 0.25) is 0 Å². The number of carbonyl (C=O) groups is 2. The van der Waals surface area contributed by atoms with Crippen molar-refractivity contribution in [3.8, 4) is 11.5 Å². The number of carbonyl (C=O) groups excluding carboxylic acids is 2. The number of esters is 2. The largest absolute Gasteiger partial charge is 0.507 e. The van der Waals surface area contributed by atoms with Gasteiger partial charge >= 0.3 is 11.9 Å². The van der Waals surface area contributed by atoms with Crippen LogP contribution in [0.25, 0.3) is 0 Å². The van der Waals surface area contributed by atoms with Gasteiger partial charge in [-0.05, 0) is 38.3 Å². The van der Waals surface area contributed by atoms with E-state index in [0.717, 1.165) is 11.1 Å². The van der Waals surface area contributed by atoms with Gasteiger partial charge in [0.05, 0.1) is 13.4 Å². The van der Waals surface area contributed by atoms with Gasteiger partial charge in [-0.2, -0.15) is 0 Å². The van der Waals surface area contributed by atoms with Crippen LogP contribution in [0, 0.1) is 6.92 Å². The van der Waals surface area contributed by atoms with E-state index in [-0.39, 0.29) is 30.3 Å². The van der Waals surface area contributed by atoms with Crippen molar-refractivity contribution in [2.45, 2.75) is 39.7 Å². The number of fused-ring (bicyclic) bond motifs is 1. The molecule has 1 aromatic carbocycles. The molecule has 0 bridgehead atoms. The lowest BCUT2D eigenvalue weighted by Crippen LogP contribution is -2.03. The number of aromatic hydroxyl groups is 1. The maximum Gasteiger partial charge on any atom is 0.342 e. The highest BCUT2D eigenvalue weighted by molar-refractivity contribution is 5.98. The van der Waals surface area contributed by atoms with Gasteiger partial charge in [-0.3, -0.25) is 4.79 Å². The maximum atomic E-state index is 11.9. The van der Waals surface area contributed by atoms with Gasteiger partial charge in [-0.15, -0.1) is 0 Å². The summed E-state index contributed by atoms with van der Waals surface area (Å²) in [4.78, 5) is 23.5. The van der Waals surface area contributed by atoms with E-state index in [4.69, 9.17) is 14.2 Å². The predicted octanol–water partition coefficient (Wildman–Crippen LogP) is 3.89. The Morgan fingerprint density at radius 2 is 2.11 bits per heavy atom. The summed E-state index contributed by atoms with van der Waals surface area (Å²) >= 11 is 0. The zero-order chi connectivity index (χ0) is 20.0. The Morgan fingerprint density at radius 3 is 2.78 bits per heavy atom. The summed E-state index contributed by atoms with van der Waals surface area (Å²) in [6, 6.07) is 0. The fourth-order valence-electron chi connectivity index (χ4n) is 2.94. The molecule has 0 aliphatic carbocycles.